The Morgan fingerprint density at radius 2 is 0.789 bits per heavy atom. The van der Waals surface area contributed by atoms with Gasteiger partial charge in [0.15, 0.2) is 0 Å². The van der Waals surface area contributed by atoms with Gasteiger partial charge in [-0.1, -0.05) is 140 Å². The second kappa shape index (κ2) is 20.4. The van der Waals surface area contributed by atoms with Crippen LogP contribution in [0.25, 0.3) is 21.9 Å². The van der Waals surface area contributed by atoms with Gasteiger partial charge in [-0.05, 0) is 140 Å². The lowest BCUT2D eigenvalue weighted by Gasteiger charge is -2.27. The number of hydrogen-bond donors (Lipinski definition) is 2. The van der Waals surface area contributed by atoms with Crippen molar-refractivity contribution in [2.24, 2.45) is 0 Å². The third-order valence-corrected chi connectivity index (χ3v) is 15.4. The Balaban J connectivity index is 1.04. The van der Waals surface area contributed by atoms with Crippen molar-refractivity contribution in [3.63, 3.8) is 0 Å². The average molecular weight is 1040 g/mol. The minimum atomic E-state index is -0.487. The van der Waals surface area contributed by atoms with E-state index in [1.807, 2.05) is 36.4 Å². The molecule has 2 aliphatic heterocycles. The lowest BCUT2D eigenvalue weighted by Crippen LogP contribution is -2.32. The Hall–Kier alpha value is -7.76. The molecule has 2 aliphatic carbocycles. The zero-order valence-corrected chi connectivity index (χ0v) is 46.1. The highest BCUT2D eigenvalue weighted by Crippen LogP contribution is 2.48. The zero-order chi connectivity index (χ0) is 54.0. The molecule has 10 rings (SSSR count). The van der Waals surface area contributed by atoms with Gasteiger partial charge in [0.2, 0.25) is 0 Å². The number of carbonyl (C=O) groups excluding carboxylic acids is 4. The van der Waals surface area contributed by atoms with Crippen molar-refractivity contribution in [2.75, 3.05) is 24.0 Å². The fraction of sp³-hybridized carbons (Fsp3) is 0.242. The summed E-state index contributed by atoms with van der Waals surface area (Å²) < 4.78 is 11.6. The molecule has 2 heterocycles. The van der Waals surface area contributed by atoms with E-state index in [0.29, 0.717) is 43.4 Å². The number of thiol groups is 2. The molecule has 8 nitrogen and oxygen atoms in total. The summed E-state index contributed by atoms with van der Waals surface area (Å²) in [5.41, 5.74) is 11.9. The number of nitrogens with zero attached hydrogens (tertiary/aromatic N) is 2. The molecular weight excluding hydrogens is 981 g/mol. The van der Waals surface area contributed by atoms with Crippen LogP contribution in [0.1, 0.15) is 189 Å². The maximum Gasteiger partial charge on any atom is 0.270 e. The highest BCUT2D eigenvalue weighted by atomic mass is 32.1. The second-order valence-corrected chi connectivity index (χ2v) is 21.8. The predicted molar refractivity (Wildman–Crippen MR) is 311 cm³/mol. The van der Waals surface area contributed by atoms with Crippen molar-refractivity contribution < 1.29 is 28.7 Å². The molecule has 0 N–H and O–H groups in total. The number of anilines is 2. The number of imide groups is 2. The molecule has 0 spiro atoms. The maximum atomic E-state index is 15.0. The smallest absolute Gasteiger partial charge is 0.270 e. The lowest BCUT2D eigenvalue weighted by molar-refractivity contribution is 0.0908. The van der Waals surface area contributed by atoms with E-state index in [4.69, 9.17) is 34.7 Å². The number of allylic oxidation sites excluding steroid dienone is 8. The second-order valence-electron chi connectivity index (χ2n) is 20.8. The molecule has 380 valence electrons. The molecule has 0 saturated carbocycles. The molecule has 0 fully saturated rings. The van der Waals surface area contributed by atoms with Crippen LogP contribution in [0, 0.1) is 23.7 Å². The highest BCUT2D eigenvalue weighted by molar-refractivity contribution is 7.80. The van der Waals surface area contributed by atoms with E-state index >= 15 is 9.59 Å². The normalized spacial score (nSPS) is 14.6. The standard InChI is InChI=1S/C66H58N2O6S2/c1-35(2)49-29-45(39-17-11-12-18-39)30-50(36(3)4)59(49)67-63(69)55-43(33-53(75)61(73-9)57(55)65(67)71)27-25-41-23-24-42(48-22-16-15-21-47(41)48)26-28-44-34-54(76)62(74-10)58-56(44)64(70)68(66(58)72)60-51(37(5)6)31-46(32-52(60)38(7)8)40-19-13-14-20-40/h11-17,19,21-24,29-38,75-76H,18,20H2,1-10H3. The van der Waals surface area contributed by atoms with Gasteiger partial charge in [-0.25, -0.2) is 9.80 Å². The van der Waals surface area contributed by atoms with Gasteiger partial charge in [-0.2, -0.15) is 0 Å². The first-order valence-electron chi connectivity index (χ1n) is 25.7. The van der Waals surface area contributed by atoms with Crippen LogP contribution in [0.4, 0.5) is 11.4 Å². The summed E-state index contributed by atoms with van der Waals surface area (Å²) in [5.74, 6) is 11.7. The molecule has 4 aliphatic rings. The van der Waals surface area contributed by atoms with Gasteiger partial charge >= 0.3 is 0 Å². The number of amides is 4. The van der Waals surface area contributed by atoms with Crippen molar-refractivity contribution >= 4 is 82.2 Å². The fourth-order valence-corrected chi connectivity index (χ4v) is 11.6. The van der Waals surface area contributed by atoms with Crippen molar-refractivity contribution in [1.82, 2.24) is 0 Å². The molecule has 6 aromatic carbocycles. The number of rotatable bonds is 10. The molecule has 0 aromatic heterocycles. The molecular formula is C66H58N2O6S2. The van der Waals surface area contributed by atoms with E-state index in [1.54, 1.807) is 12.1 Å². The number of ether oxygens (including phenoxy) is 2. The Morgan fingerprint density at radius 1 is 0.461 bits per heavy atom. The molecule has 0 saturated heterocycles. The summed E-state index contributed by atoms with van der Waals surface area (Å²) in [4.78, 5) is 63.1. The van der Waals surface area contributed by atoms with Crippen LogP contribution < -0.4 is 19.3 Å². The summed E-state index contributed by atoms with van der Waals surface area (Å²) in [5, 5.41) is 1.58. The van der Waals surface area contributed by atoms with Gasteiger partial charge in [0.1, 0.15) is 11.5 Å². The summed E-state index contributed by atoms with van der Waals surface area (Å²) >= 11 is 9.54. The average Bonchev–Trinajstić information content (AvgIpc) is 4.25. The van der Waals surface area contributed by atoms with Gasteiger partial charge < -0.3 is 9.47 Å². The van der Waals surface area contributed by atoms with Crippen LogP contribution in [-0.4, -0.2) is 37.8 Å². The minimum Gasteiger partial charge on any atom is -0.495 e. The summed E-state index contributed by atoms with van der Waals surface area (Å²) in [6.45, 7) is 16.6. The molecule has 4 amide bonds. The van der Waals surface area contributed by atoms with Crippen molar-refractivity contribution in [2.45, 2.75) is 102 Å². The summed E-state index contributed by atoms with van der Waals surface area (Å²) in [6.07, 6.45) is 14.2. The third-order valence-electron chi connectivity index (χ3n) is 14.7. The van der Waals surface area contributed by atoms with Gasteiger partial charge in [0.05, 0.1) is 47.8 Å². The minimum absolute atomic E-state index is 0.00824. The Morgan fingerprint density at radius 3 is 1.09 bits per heavy atom. The lowest BCUT2D eigenvalue weighted by atomic mass is 9.87. The first-order chi connectivity index (χ1) is 36.4. The van der Waals surface area contributed by atoms with Crippen molar-refractivity contribution in [3.05, 3.63) is 187 Å². The molecule has 0 atom stereocenters. The first kappa shape index (κ1) is 51.7. The molecule has 6 aromatic rings. The van der Waals surface area contributed by atoms with Crippen molar-refractivity contribution in [3.8, 4) is 35.2 Å². The monoisotopic (exact) mass is 1040 g/mol. The first-order valence-corrected chi connectivity index (χ1v) is 26.6. The van der Waals surface area contributed by atoms with E-state index < -0.39 is 23.6 Å². The molecule has 10 heteroatoms. The quantitative estimate of drug-likeness (QED) is 0.0807. The van der Waals surface area contributed by atoms with E-state index in [9.17, 15) is 9.59 Å². The molecule has 0 bridgehead atoms. The Kier molecular flexibility index (Phi) is 13.9. The maximum absolute atomic E-state index is 15.0. The Bertz CT molecular complexity index is 3520. The SMILES string of the molecule is COc1c(S)cc(C#Cc2ccc(C#Cc3cc(S)c(OC)c4c3C(=O)N(c3c(C(C)C)cc(C5=CC=CC5)cc3C(C)C)C4=O)c3ccccc23)c2c1C(=O)N(c1c(C(C)C)cc(C3=CC=CC3)cc1C(C)C)C2=O. The van der Waals surface area contributed by atoms with E-state index in [1.165, 1.54) is 35.2 Å². The van der Waals surface area contributed by atoms with Crippen LogP contribution in [0.5, 0.6) is 11.5 Å². The highest BCUT2D eigenvalue weighted by Gasteiger charge is 2.46. The van der Waals surface area contributed by atoms with Crippen molar-refractivity contribution in [1.29, 1.82) is 0 Å². The van der Waals surface area contributed by atoms with Crippen LogP contribution in [0.3, 0.4) is 0 Å². The third kappa shape index (κ3) is 8.68. The van der Waals surface area contributed by atoms with Crippen LogP contribution in [0.15, 0.2) is 119 Å². The van der Waals surface area contributed by atoms with E-state index in [-0.39, 0.29) is 57.4 Å². The fourth-order valence-electron chi connectivity index (χ4n) is 10.9. The number of carbonyl (C=O) groups is 4. The molecule has 76 heavy (non-hydrogen) atoms. The van der Waals surface area contributed by atoms with Gasteiger partial charge in [-0.15, -0.1) is 25.3 Å². The van der Waals surface area contributed by atoms with Crippen LogP contribution in [-0.2, 0) is 0 Å². The molecule has 0 unspecified atom stereocenters. The largest absolute Gasteiger partial charge is 0.495 e. The van der Waals surface area contributed by atoms with E-state index in [2.05, 4.69) is 140 Å². The topological polar surface area (TPSA) is 93.2 Å². The van der Waals surface area contributed by atoms with E-state index in [0.717, 1.165) is 57.0 Å². The van der Waals surface area contributed by atoms with Gasteiger partial charge in [0.25, 0.3) is 23.6 Å². The molecule has 0 radical (unpaired) electrons. The zero-order valence-electron chi connectivity index (χ0n) is 44.4. The number of methoxy groups -OCH3 is 2. The van der Waals surface area contributed by atoms with Crippen LogP contribution >= 0.6 is 25.3 Å². The summed E-state index contributed by atoms with van der Waals surface area (Å²) in [7, 11) is 2.94. The predicted octanol–water partition coefficient (Wildman–Crippen LogP) is 15.0. The number of hydrogen-bond acceptors (Lipinski definition) is 8. The number of fused-ring (bicyclic) bond motifs is 3. The summed E-state index contributed by atoms with van der Waals surface area (Å²) in [6, 6.07) is 23.3. The number of benzene rings is 6. The Labute approximate surface area is 456 Å². The van der Waals surface area contributed by atoms with Gasteiger partial charge in [0, 0.05) is 32.0 Å². The van der Waals surface area contributed by atoms with Crippen LogP contribution in [0.2, 0.25) is 0 Å². The van der Waals surface area contributed by atoms with Gasteiger partial charge in [-0.3, -0.25) is 19.2 Å².